The van der Waals surface area contributed by atoms with Crippen molar-refractivity contribution in [3.8, 4) is 22.6 Å². The minimum atomic E-state index is 0.693. The van der Waals surface area contributed by atoms with Crippen molar-refractivity contribution in [2.45, 2.75) is 25.7 Å². The van der Waals surface area contributed by atoms with Crippen LogP contribution in [0.2, 0.25) is 0 Å². The minimum Gasteiger partial charge on any atom is -0.264 e. The monoisotopic (exact) mass is 434 g/mol. The first-order valence-electron chi connectivity index (χ1n) is 10.8. The third-order valence-corrected chi connectivity index (χ3v) is 7.41. The fourth-order valence-electron chi connectivity index (χ4n) is 4.69. The highest BCUT2D eigenvalue weighted by molar-refractivity contribution is 7.19. The van der Waals surface area contributed by atoms with Crippen LogP contribution in [0.25, 0.3) is 49.4 Å². The van der Waals surface area contributed by atoms with E-state index in [-0.39, 0.29) is 0 Å². The molecule has 0 fully saturated rings. The molecule has 5 heterocycles. The Morgan fingerprint density at radius 2 is 1.91 bits per heavy atom. The highest BCUT2D eigenvalue weighted by atomic mass is 32.1. The number of fused-ring (bicyclic) bond motifs is 6. The number of thiophene rings is 1. The number of nitrogens with zero attached hydrogens (tertiary/aromatic N) is 6. The number of aryl methyl sites for hydroxylation is 2. The molecule has 0 N–H and O–H groups in total. The molecule has 7 rings (SSSR count). The number of hydrogen-bond acceptors (Lipinski definition) is 6. The van der Waals surface area contributed by atoms with Gasteiger partial charge in [-0.1, -0.05) is 18.2 Å². The number of benzene rings is 1. The molecule has 1 aliphatic rings. The van der Waals surface area contributed by atoms with Crippen LogP contribution < -0.4 is 0 Å². The zero-order valence-corrected chi connectivity index (χ0v) is 18.0. The van der Waals surface area contributed by atoms with Gasteiger partial charge in [0.25, 0.3) is 0 Å². The molecular formula is C25H18N6S. The van der Waals surface area contributed by atoms with Gasteiger partial charge in [0.1, 0.15) is 11.2 Å². The van der Waals surface area contributed by atoms with E-state index in [1.165, 1.54) is 28.7 Å². The summed E-state index contributed by atoms with van der Waals surface area (Å²) in [5, 5.41) is 7.06. The second-order valence-corrected chi connectivity index (χ2v) is 9.24. The van der Waals surface area contributed by atoms with Gasteiger partial charge in [0.05, 0.1) is 16.6 Å². The van der Waals surface area contributed by atoms with E-state index in [1.807, 2.05) is 52.4 Å². The maximum Gasteiger partial charge on any atom is 0.183 e. The van der Waals surface area contributed by atoms with Crippen LogP contribution in [0.5, 0.6) is 0 Å². The van der Waals surface area contributed by atoms with E-state index in [0.717, 1.165) is 51.0 Å². The van der Waals surface area contributed by atoms with Crippen LogP contribution in [0.1, 0.15) is 23.3 Å². The molecule has 1 aliphatic carbocycles. The smallest absolute Gasteiger partial charge is 0.183 e. The van der Waals surface area contributed by atoms with Crippen LogP contribution in [0.15, 0.2) is 61.2 Å². The first-order valence-corrected chi connectivity index (χ1v) is 11.6. The predicted octanol–water partition coefficient (Wildman–Crippen LogP) is 5.50. The van der Waals surface area contributed by atoms with Gasteiger partial charge in [-0.15, -0.1) is 16.4 Å². The van der Waals surface area contributed by atoms with E-state index >= 15 is 0 Å². The van der Waals surface area contributed by atoms with Crippen molar-refractivity contribution < 1.29 is 0 Å². The summed E-state index contributed by atoms with van der Waals surface area (Å²) in [5.41, 5.74) is 6.03. The molecule has 0 saturated carbocycles. The molecule has 0 atom stereocenters. The lowest BCUT2D eigenvalue weighted by atomic mass is 9.97. The predicted molar refractivity (Wildman–Crippen MR) is 127 cm³/mol. The second kappa shape index (κ2) is 6.90. The Morgan fingerprint density at radius 3 is 2.84 bits per heavy atom. The van der Waals surface area contributed by atoms with Crippen molar-refractivity contribution in [2.75, 3.05) is 0 Å². The van der Waals surface area contributed by atoms with E-state index < -0.39 is 0 Å². The molecule has 32 heavy (non-hydrogen) atoms. The van der Waals surface area contributed by atoms with Crippen molar-refractivity contribution in [3.63, 3.8) is 0 Å². The largest absolute Gasteiger partial charge is 0.264 e. The van der Waals surface area contributed by atoms with Gasteiger partial charge < -0.3 is 0 Å². The Hall–Kier alpha value is -3.71. The topological polar surface area (TPSA) is 68.9 Å². The second-order valence-electron chi connectivity index (χ2n) is 8.15. The molecule has 154 valence electrons. The van der Waals surface area contributed by atoms with Crippen LogP contribution in [-0.4, -0.2) is 29.5 Å². The van der Waals surface area contributed by atoms with Gasteiger partial charge in [0, 0.05) is 33.8 Å². The lowest BCUT2D eigenvalue weighted by Crippen LogP contribution is -1.99. The average Bonchev–Trinajstić information content (AvgIpc) is 3.45. The zero-order valence-electron chi connectivity index (χ0n) is 17.2. The Bertz CT molecular complexity index is 1630. The van der Waals surface area contributed by atoms with Crippen LogP contribution in [-0.2, 0) is 12.8 Å². The Labute approximate surface area is 187 Å². The Kier molecular flexibility index (Phi) is 3.86. The summed E-state index contributed by atoms with van der Waals surface area (Å²) < 4.78 is 1.83. The van der Waals surface area contributed by atoms with Crippen LogP contribution in [0, 0.1) is 0 Å². The number of hydrogen-bond donors (Lipinski definition) is 0. The molecule has 7 heteroatoms. The van der Waals surface area contributed by atoms with Crippen molar-refractivity contribution in [2.24, 2.45) is 0 Å². The van der Waals surface area contributed by atoms with Crippen molar-refractivity contribution >= 4 is 38.1 Å². The molecule has 6 nitrogen and oxygen atoms in total. The minimum absolute atomic E-state index is 0.693. The Balaban J connectivity index is 1.50. The van der Waals surface area contributed by atoms with E-state index in [1.54, 1.807) is 12.5 Å². The highest BCUT2D eigenvalue weighted by Gasteiger charge is 2.22. The normalized spacial score (nSPS) is 13.8. The Morgan fingerprint density at radius 1 is 0.969 bits per heavy atom. The number of pyridine rings is 2. The van der Waals surface area contributed by atoms with Gasteiger partial charge in [-0.3, -0.25) is 4.98 Å². The van der Waals surface area contributed by atoms with Crippen molar-refractivity contribution in [1.82, 2.24) is 29.5 Å². The third-order valence-electron chi connectivity index (χ3n) is 6.21. The third kappa shape index (κ3) is 2.67. The molecule has 0 amide bonds. The summed E-state index contributed by atoms with van der Waals surface area (Å²) >= 11 is 1.81. The summed E-state index contributed by atoms with van der Waals surface area (Å²) in [4.78, 5) is 21.4. The maximum absolute atomic E-state index is 5.05. The molecule has 1 aromatic carbocycles. The molecule has 0 aliphatic heterocycles. The molecule has 0 bridgehead atoms. The van der Waals surface area contributed by atoms with E-state index in [0.29, 0.717) is 5.82 Å². The van der Waals surface area contributed by atoms with Crippen LogP contribution in [0.4, 0.5) is 0 Å². The van der Waals surface area contributed by atoms with E-state index in [2.05, 4.69) is 17.1 Å². The van der Waals surface area contributed by atoms with Gasteiger partial charge in [-0.05, 0) is 55.5 Å². The van der Waals surface area contributed by atoms with Gasteiger partial charge in [-0.25, -0.2) is 19.5 Å². The van der Waals surface area contributed by atoms with Crippen LogP contribution in [0.3, 0.4) is 0 Å². The van der Waals surface area contributed by atoms with Crippen molar-refractivity contribution in [1.29, 1.82) is 0 Å². The molecule has 6 aromatic rings. The fraction of sp³-hybridized carbons (Fsp3) is 0.160. The summed E-state index contributed by atoms with van der Waals surface area (Å²) in [7, 11) is 0. The van der Waals surface area contributed by atoms with E-state index in [4.69, 9.17) is 20.1 Å². The summed E-state index contributed by atoms with van der Waals surface area (Å²) in [6.45, 7) is 0. The lowest BCUT2D eigenvalue weighted by molar-refractivity contribution is 0.700. The fourth-order valence-corrected chi connectivity index (χ4v) is 5.91. The summed E-state index contributed by atoms with van der Waals surface area (Å²) in [6, 6.07) is 14.2. The number of para-hydroxylation sites is 1. The first-order chi connectivity index (χ1) is 15.8. The average molecular weight is 435 g/mol. The van der Waals surface area contributed by atoms with Gasteiger partial charge >= 0.3 is 0 Å². The quantitative estimate of drug-likeness (QED) is 0.360. The molecule has 0 unspecified atom stereocenters. The van der Waals surface area contributed by atoms with Gasteiger partial charge in [0.2, 0.25) is 0 Å². The zero-order chi connectivity index (χ0) is 21.1. The van der Waals surface area contributed by atoms with Crippen molar-refractivity contribution in [3.05, 3.63) is 71.6 Å². The molecule has 0 saturated heterocycles. The standard InChI is InChI=1S/C25H18N6S/c1-3-9-19-16(7-1)18(12-20(28-19)15-6-5-11-26-13-15)23-29-24-22-17-8-2-4-10-21(17)32-25(22)27-14-31(24)30-23/h1,3,5-7,9,11-14H,2,4,8,10H2. The molecular weight excluding hydrogens is 416 g/mol. The number of rotatable bonds is 2. The van der Waals surface area contributed by atoms with Gasteiger partial charge in [0.15, 0.2) is 11.5 Å². The highest BCUT2D eigenvalue weighted by Crippen LogP contribution is 2.38. The van der Waals surface area contributed by atoms with Crippen LogP contribution >= 0.6 is 11.3 Å². The molecule has 0 spiro atoms. The summed E-state index contributed by atoms with van der Waals surface area (Å²) in [6.07, 6.45) is 10.1. The maximum atomic E-state index is 5.05. The molecule has 5 aromatic heterocycles. The summed E-state index contributed by atoms with van der Waals surface area (Å²) in [5.74, 6) is 0.693. The van der Waals surface area contributed by atoms with E-state index in [9.17, 15) is 0 Å². The van der Waals surface area contributed by atoms with Gasteiger partial charge in [-0.2, -0.15) is 0 Å². The molecule has 0 radical (unpaired) electrons. The lowest BCUT2D eigenvalue weighted by Gasteiger charge is -2.09. The number of aromatic nitrogens is 6. The first kappa shape index (κ1) is 17.9. The SMILES string of the molecule is c1cncc(-c2cc(-c3nc4c5c6c(sc5ncn4n3)CCCC6)c3ccccc3n2)c1.